The van der Waals surface area contributed by atoms with E-state index >= 15 is 0 Å². The van der Waals surface area contributed by atoms with Crippen molar-refractivity contribution in [3.63, 3.8) is 0 Å². The van der Waals surface area contributed by atoms with Crippen LogP contribution in [0.3, 0.4) is 0 Å². The third kappa shape index (κ3) is 8.82. The molecule has 3 aromatic rings. The maximum absolute atomic E-state index is 14.2. The first-order valence-electron chi connectivity index (χ1n) is 9.68. The summed E-state index contributed by atoms with van der Waals surface area (Å²) in [6.07, 6.45) is 0.183. The molecule has 3 rings (SSSR count). The number of amides is 1. The fourth-order valence-electron chi connectivity index (χ4n) is 2.87. The number of para-hydroxylation sites is 2. The Morgan fingerprint density at radius 3 is 1.89 bits per heavy atom. The summed E-state index contributed by atoms with van der Waals surface area (Å²) in [5.74, 6) is -1.11. The molecule has 0 aliphatic carbocycles. The molecule has 0 bridgehead atoms. The van der Waals surface area contributed by atoms with Gasteiger partial charge >= 0.3 is 194 Å². The van der Waals surface area contributed by atoms with E-state index in [4.69, 9.17) is 9.05 Å². The fraction of sp³-hybridized carbons (Fsp3) is 0.136. The van der Waals surface area contributed by atoms with Gasteiger partial charge in [-0.3, -0.25) is 0 Å². The van der Waals surface area contributed by atoms with Gasteiger partial charge in [0.2, 0.25) is 0 Å². The van der Waals surface area contributed by atoms with Crippen molar-refractivity contribution in [2.24, 2.45) is 0 Å². The number of benzene rings is 3. The van der Waals surface area contributed by atoms with Crippen molar-refractivity contribution in [2.45, 2.75) is 17.5 Å². The second-order valence-electron chi connectivity index (χ2n) is 6.67. The standard InChI is InChI=1S/C22H20GeN2O6P.3H2O/c23-15-14-21(26)24-22(17-8-7-9-18(16-17)25(27)28)32(29,30-19-10-3-1-4-11-19)31-20-12-5-2-6-13-20;;;/h1-13,16,22H,14-15H2,(H,24,26);3*1H2. The van der Waals surface area contributed by atoms with E-state index in [1.165, 1.54) is 18.2 Å². The van der Waals surface area contributed by atoms with Crippen LogP contribution in [-0.4, -0.2) is 43.8 Å². The molecule has 0 fully saturated rings. The summed E-state index contributed by atoms with van der Waals surface area (Å²) in [6, 6.07) is 22.4. The van der Waals surface area contributed by atoms with Crippen molar-refractivity contribution in [1.29, 1.82) is 0 Å². The quantitative estimate of drug-likeness (QED) is 0.169. The van der Waals surface area contributed by atoms with E-state index in [0.717, 1.165) is 0 Å². The molecular formula is C22H26GeN2O9P. The molecule has 1 amide bonds. The summed E-state index contributed by atoms with van der Waals surface area (Å²) in [5, 5.41) is 14.6. The average molecular weight is 566 g/mol. The average Bonchev–Trinajstić information content (AvgIpc) is 2.79. The van der Waals surface area contributed by atoms with Crippen LogP contribution >= 0.6 is 7.60 Å². The number of hydrogen-bond donors (Lipinski definition) is 1. The Kier molecular flexibility index (Phi) is 13.5. The van der Waals surface area contributed by atoms with Gasteiger partial charge in [0, 0.05) is 0 Å². The van der Waals surface area contributed by atoms with E-state index in [9.17, 15) is 19.5 Å². The number of non-ortho nitro benzene ring substituents is 1. The van der Waals surface area contributed by atoms with Gasteiger partial charge in [0.1, 0.15) is 0 Å². The van der Waals surface area contributed by atoms with Gasteiger partial charge in [-0.2, -0.15) is 0 Å². The Balaban J connectivity index is 0.00000385. The molecule has 0 saturated heterocycles. The SMILES string of the molecule is O.O.O.O=C(C[CH2][Ge])NC(c1cccc([N+](=O)[O-])c1)P(=O)(Oc1ccccc1)Oc1ccccc1. The number of nitro groups is 1. The van der Waals surface area contributed by atoms with Gasteiger partial charge < -0.3 is 16.4 Å². The van der Waals surface area contributed by atoms with Crippen LogP contribution in [0.2, 0.25) is 5.25 Å². The number of nitrogens with one attached hydrogen (secondary N) is 1. The summed E-state index contributed by atoms with van der Waals surface area (Å²) in [4.78, 5) is 23.3. The molecular weight excluding hydrogens is 540 g/mol. The number of carbonyl (C=O) groups excluding carboxylic acids is 1. The second kappa shape index (κ2) is 14.9. The van der Waals surface area contributed by atoms with Crippen LogP contribution < -0.4 is 14.4 Å². The first-order chi connectivity index (χ1) is 15.4. The minimum absolute atomic E-state index is 0. The molecule has 0 heterocycles. The summed E-state index contributed by atoms with van der Waals surface area (Å²) < 4.78 is 25.9. The predicted octanol–water partition coefficient (Wildman–Crippen LogP) is 2.56. The zero-order valence-electron chi connectivity index (χ0n) is 18.4. The summed E-state index contributed by atoms with van der Waals surface area (Å²) in [5.41, 5.74) is 0.0297. The molecule has 0 aliphatic heterocycles. The van der Waals surface area contributed by atoms with Crippen molar-refractivity contribution in [3.05, 3.63) is 101 Å². The molecule has 1 atom stereocenters. The van der Waals surface area contributed by atoms with Crippen LogP contribution in [0.5, 0.6) is 11.5 Å². The van der Waals surface area contributed by atoms with E-state index < -0.39 is 18.3 Å². The molecule has 13 heteroatoms. The first-order valence-corrected chi connectivity index (χ1v) is 12.8. The molecule has 11 nitrogen and oxygen atoms in total. The third-order valence-electron chi connectivity index (χ3n) is 4.31. The van der Waals surface area contributed by atoms with Crippen LogP contribution in [0, 0.1) is 10.1 Å². The zero-order chi connectivity index (χ0) is 23.0. The molecule has 3 aromatic carbocycles. The Labute approximate surface area is 210 Å². The fourth-order valence-corrected chi connectivity index (χ4v) is 5.26. The van der Waals surface area contributed by atoms with Crippen molar-refractivity contribution < 1.29 is 39.8 Å². The summed E-state index contributed by atoms with van der Waals surface area (Å²) >= 11 is 1.84. The molecule has 3 radical (unpaired) electrons. The second-order valence-corrected chi connectivity index (χ2v) is 9.68. The van der Waals surface area contributed by atoms with Gasteiger partial charge in [0.05, 0.1) is 0 Å². The summed E-state index contributed by atoms with van der Waals surface area (Å²) in [6.45, 7) is 0. The van der Waals surface area contributed by atoms with Crippen molar-refractivity contribution in [2.75, 3.05) is 0 Å². The van der Waals surface area contributed by atoms with Gasteiger partial charge in [-0.05, 0) is 0 Å². The van der Waals surface area contributed by atoms with Gasteiger partial charge in [-0.15, -0.1) is 0 Å². The molecule has 1 unspecified atom stereocenters. The van der Waals surface area contributed by atoms with Gasteiger partial charge in [0.25, 0.3) is 0 Å². The first kappa shape index (κ1) is 31.8. The van der Waals surface area contributed by atoms with Crippen LogP contribution in [-0.2, 0) is 9.36 Å². The molecule has 187 valence electrons. The number of nitrogens with zero attached hydrogens (tertiary/aromatic N) is 1. The van der Waals surface area contributed by atoms with Crippen molar-refractivity contribution in [1.82, 2.24) is 5.32 Å². The third-order valence-corrected chi connectivity index (χ3v) is 6.83. The normalized spacial score (nSPS) is 10.9. The van der Waals surface area contributed by atoms with E-state index in [0.29, 0.717) is 5.25 Å². The number of nitro benzene ring substituents is 1. The molecule has 0 spiro atoms. The Bertz CT molecular complexity index is 1070. The van der Waals surface area contributed by atoms with Crippen molar-refractivity contribution in [3.8, 4) is 11.5 Å². The molecule has 35 heavy (non-hydrogen) atoms. The molecule has 0 aromatic heterocycles. The van der Waals surface area contributed by atoms with Crippen LogP contribution in [0.4, 0.5) is 5.69 Å². The Morgan fingerprint density at radius 1 is 0.914 bits per heavy atom. The van der Waals surface area contributed by atoms with E-state index in [2.05, 4.69) is 5.32 Å². The van der Waals surface area contributed by atoms with Gasteiger partial charge in [-0.25, -0.2) is 0 Å². The van der Waals surface area contributed by atoms with E-state index in [1.54, 1.807) is 66.7 Å². The Morgan fingerprint density at radius 2 is 1.43 bits per heavy atom. The maximum atomic E-state index is 14.2. The van der Waals surface area contributed by atoms with Crippen LogP contribution in [0.15, 0.2) is 84.9 Å². The zero-order valence-corrected chi connectivity index (χ0v) is 21.4. The van der Waals surface area contributed by atoms with Gasteiger partial charge in [-0.1, -0.05) is 0 Å². The molecule has 0 aliphatic rings. The van der Waals surface area contributed by atoms with E-state index in [-0.39, 0.29) is 51.5 Å². The van der Waals surface area contributed by atoms with Crippen LogP contribution in [0.1, 0.15) is 17.8 Å². The minimum atomic E-state index is -4.18. The topological polar surface area (TPSA) is 202 Å². The number of rotatable bonds is 10. The van der Waals surface area contributed by atoms with Gasteiger partial charge in [0.15, 0.2) is 0 Å². The van der Waals surface area contributed by atoms with Crippen LogP contribution in [0.25, 0.3) is 0 Å². The Hall–Kier alpha value is -3.22. The molecule has 7 N–H and O–H groups in total. The number of carbonyl (C=O) groups is 1. The molecule has 0 saturated carbocycles. The number of hydrogen-bond acceptors (Lipinski definition) is 6. The predicted molar refractivity (Wildman–Crippen MR) is 132 cm³/mol. The summed E-state index contributed by atoms with van der Waals surface area (Å²) in [7, 11) is -4.18. The van der Waals surface area contributed by atoms with E-state index in [1.807, 2.05) is 16.5 Å². The monoisotopic (exact) mass is 567 g/mol. The van der Waals surface area contributed by atoms with Crippen molar-refractivity contribution >= 4 is 35.7 Å².